The normalized spacial score (nSPS) is 27.4. The number of hydrogen-bond acceptors (Lipinski definition) is 6. The molecule has 3 rings (SSSR count). The maximum atomic E-state index is 15.2. The van der Waals surface area contributed by atoms with Gasteiger partial charge in [-0.25, -0.2) is 0 Å². The molecule has 2 aliphatic carbocycles. The van der Waals surface area contributed by atoms with Crippen molar-refractivity contribution >= 4 is 23.1 Å². The molecular formula is C38H50O6. The molecule has 4 atom stereocenters. The number of phenolic OH excluding ortho intramolecular Hbond substituents is 2. The third kappa shape index (κ3) is 6.13. The first-order valence-corrected chi connectivity index (χ1v) is 15.6. The zero-order valence-electron chi connectivity index (χ0n) is 27.9. The van der Waals surface area contributed by atoms with Crippen LogP contribution in [0.5, 0.6) is 11.5 Å². The second-order valence-corrected chi connectivity index (χ2v) is 14.0. The monoisotopic (exact) mass is 602 g/mol. The fraction of sp³-hybridized carbons (Fsp3) is 0.500. The van der Waals surface area contributed by atoms with Gasteiger partial charge in [0.2, 0.25) is 0 Å². The van der Waals surface area contributed by atoms with Crippen molar-refractivity contribution in [3.8, 4) is 11.5 Å². The summed E-state index contributed by atoms with van der Waals surface area (Å²) in [5, 5.41) is 31.8. The van der Waals surface area contributed by atoms with Gasteiger partial charge < -0.3 is 15.3 Å². The molecular weight excluding hydrogens is 552 g/mol. The Morgan fingerprint density at radius 2 is 1.36 bits per heavy atom. The first-order chi connectivity index (χ1) is 20.4. The number of rotatable bonds is 10. The molecule has 1 aromatic carbocycles. The summed E-state index contributed by atoms with van der Waals surface area (Å²) in [5.74, 6) is -3.32. The molecule has 0 amide bonds. The molecule has 2 fully saturated rings. The van der Waals surface area contributed by atoms with Crippen LogP contribution in [0.4, 0.5) is 0 Å². The van der Waals surface area contributed by atoms with Crippen LogP contribution in [0.15, 0.2) is 70.4 Å². The van der Waals surface area contributed by atoms with Crippen LogP contribution in [0.25, 0.3) is 5.76 Å². The second kappa shape index (κ2) is 13.1. The average molecular weight is 603 g/mol. The third-order valence-electron chi connectivity index (χ3n) is 9.76. The highest BCUT2D eigenvalue weighted by atomic mass is 16.3. The number of fused-ring (bicyclic) bond motifs is 2. The van der Waals surface area contributed by atoms with E-state index in [0.717, 1.165) is 28.4 Å². The highest BCUT2D eigenvalue weighted by Crippen LogP contribution is 2.67. The SMILES string of the molecule is CC(C)=CCC[C@]1(C)[C@H](CC=C(C)C)C[C@]2(CC=C(C)C)C(=O)/C(=C(\O)c3ccc(O)c(O)c3)C(=O)[C@@]1(CC=C(C)C)C2=O. The van der Waals surface area contributed by atoms with Crippen molar-refractivity contribution in [3.63, 3.8) is 0 Å². The minimum Gasteiger partial charge on any atom is -0.506 e. The van der Waals surface area contributed by atoms with Gasteiger partial charge in [0.1, 0.15) is 16.7 Å². The number of aliphatic hydroxyl groups is 1. The molecule has 2 saturated carbocycles. The van der Waals surface area contributed by atoms with Crippen molar-refractivity contribution in [1.29, 1.82) is 0 Å². The highest BCUT2D eigenvalue weighted by molar-refractivity contribution is 6.41. The van der Waals surface area contributed by atoms with Crippen LogP contribution in [-0.2, 0) is 14.4 Å². The number of aromatic hydroxyl groups is 2. The van der Waals surface area contributed by atoms with Gasteiger partial charge in [-0.05, 0) is 123 Å². The van der Waals surface area contributed by atoms with E-state index in [0.29, 0.717) is 19.3 Å². The summed E-state index contributed by atoms with van der Waals surface area (Å²) in [4.78, 5) is 45.0. The number of Topliss-reactive ketones (excluding diaryl/α,β-unsaturated/α-hetero) is 3. The molecule has 2 bridgehead atoms. The molecule has 238 valence electrons. The molecule has 44 heavy (non-hydrogen) atoms. The van der Waals surface area contributed by atoms with Gasteiger partial charge in [-0.3, -0.25) is 14.4 Å². The second-order valence-electron chi connectivity index (χ2n) is 14.0. The number of phenols is 2. The van der Waals surface area contributed by atoms with Gasteiger partial charge in [-0.15, -0.1) is 0 Å². The maximum absolute atomic E-state index is 15.2. The maximum Gasteiger partial charge on any atom is 0.184 e. The van der Waals surface area contributed by atoms with E-state index in [1.807, 2.05) is 74.5 Å². The van der Waals surface area contributed by atoms with E-state index >= 15 is 9.59 Å². The van der Waals surface area contributed by atoms with Crippen molar-refractivity contribution in [2.24, 2.45) is 22.2 Å². The zero-order chi connectivity index (χ0) is 33.2. The third-order valence-corrected chi connectivity index (χ3v) is 9.76. The molecule has 1 aromatic rings. The molecule has 0 heterocycles. The number of benzene rings is 1. The number of hydrogen-bond donors (Lipinski definition) is 3. The lowest BCUT2D eigenvalue weighted by atomic mass is 9.37. The van der Waals surface area contributed by atoms with Crippen molar-refractivity contribution in [2.45, 2.75) is 101 Å². The number of allylic oxidation sites excluding steroid dienone is 9. The summed E-state index contributed by atoms with van der Waals surface area (Å²) in [7, 11) is 0. The lowest BCUT2D eigenvalue weighted by Crippen LogP contribution is -2.70. The van der Waals surface area contributed by atoms with Crippen LogP contribution >= 0.6 is 0 Å². The number of carbonyl (C=O) groups is 3. The molecule has 2 aliphatic rings. The van der Waals surface area contributed by atoms with Crippen molar-refractivity contribution in [1.82, 2.24) is 0 Å². The van der Waals surface area contributed by atoms with Crippen molar-refractivity contribution in [2.75, 3.05) is 0 Å². The van der Waals surface area contributed by atoms with Gasteiger partial charge in [-0.1, -0.05) is 53.5 Å². The molecule has 6 heteroatoms. The Morgan fingerprint density at radius 1 is 0.795 bits per heavy atom. The summed E-state index contributed by atoms with van der Waals surface area (Å²) >= 11 is 0. The lowest BCUT2D eigenvalue weighted by Gasteiger charge is -2.61. The van der Waals surface area contributed by atoms with Crippen molar-refractivity contribution < 1.29 is 29.7 Å². The first kappa shape index (κ1) is 34.8. The quantitative estimate of drug-likeness (QED) is 0.0616. The van der Waals surface area contributed by atoms with E-state index in [2.05, 4.69) is 12.2 Å². The molecule has 0 spiro atoms. The largest absolute Gasteiger partial charge is 0.506 e. The zero-order valence-corrected chi connectivity index (χ0v) is 27.9. The Morgan fingerprint density at radius 3 is 1.91 bits per heavy atom. The predicted molar refractivity (Wildman–Crippen MR) is 176 cm³/mol. The minimum atomic E-state index is -1.61. The van der Waals surface area contributed by atoms with Crippen LogP contribution in [0.3, 0.4) is 0 Å². The molecule has 0 aliphatic heterocycles. The molecule has 3 N–H and O–H groups in total. The summed E-state index contributed by atoms with van der Waals surface area (Å²) in [6.07, 6.45) is 10.4. The van der Waals surface area contributed by atoms with Crippen molar-refractivity contribution in [3.05, 3.63) is 75.9 Å². The lowest BCUT2D eigenvalue weighted by molar-refractivity contribution is -0.178. The number of ketones is 3. The number of aliphatic hydroxyl groups excluding tert-OH is 1. The highest BCUT2D eigenvalue weighted by Gasteiger charge is 2.74. The van der Waals surface area contributed by atoms with Crippen LogP contribution < -0.4 is 0 Å². The fourth-order valence-electron chi connectivity index (χ4n) is 7.12. The molecule has 0 radical (unpaired) electrons. The first-order valence-electron chi connectivity index (χ1n) is 15.6. The van der Waals surface area contributed by atoms with Gasteiger partial charge in [-0.2, -0.15) is 0 Å². The van der Waals surface area contributed by atoms with Gasteiger partial charge in [0.05, 0.1) is 5.41 Å². The Bertz CT molecular complexity index is 1480. The standard InChI is InChI=1S/C38H50O6/c1-23(2)11-10-18-36(9)28(14-12-24(3)4)22-37(19-16-25(5)6)33(42)31(32(41)27-13-15-29(39)30(40)21-27)34(43)38(36,35(37)44)20-17-26(7)8/h11-13,15-17,21,28,39-41H,10,14,18-20,22H2,1-9H3/b32-31+/t28-,36-,37-,38+/m1/s1. The molecule has 0 unspecified atom stereocenters. The Hall–Kier alpha value is -3.67. The topological polar surface area (TPSA) is 112 Å². The van der Waals surface area contributed by atoms with E-state index < -0.39 is 50.6 Å². The van der Waals surface area contributed by atoms with Crippen LogP contribution in [0, 0.1) is 22.2 Å². The Kier molecular flexibility index (Phi) is 10.4. The van der Waals surface area contributed by atoms with E-state index in [4.69, 9.17) is 0 Å². The predicted octanol–water partition coefficient (Wildman–Crippen LogP) is 8.90. The van der Waals surface area contributed by atoms with Crippen LogP contribution in [0.2, 0.25) is 0 Å². The Balaban J connectivity index is 2.51. The molecule has 0 saturated heterocycles. The van der Waals surface area contributed by atoms with Gasteiger partial charge >= 0.3 is 0 Å². The Labute approximate surface area is 263 Å². The molecule has 6 nitrogen and oxygen atoms in total. The van der Waals surface area contributed by atoms with Crippen LogP contribution in [0.1, 0.15) is 106 Å². The minimum absolute atomic E-state index is 0.0199. The van der Waals surface area contributed by atoms with Crippen LogP contribution in [-0.4, -0.2) is 32.7 Å². The average Bonchev–Trinajstić information content (AvgIpc) is 2.92. The molecule has 0 aromatic heterocycles. The van der Waals surface area contributed by atoms with Gasteiger partial charge in [0, 0.05) is 5.56 Å². The number of carbonyl (C=O) groups excluding carboxylic acids is 3. The summed E-state index contributed by atoms with van der Waals surface area (Å²) in [6.45, 7) is 17.8. The van der Waals surface area contributed by atoms with E-state index in [9.17, 15) is 20.1 Å². The summed E-state index contributed by atoms with van der Waals surface area (Å²) in [6, 6.07) is 3.67. The smallest absolute Gasteiger partial charge is 0.184 e. The fourth-order valence-corrected chi connectivity index (χ4v) is 7.12. The summed E-state index contributed by atoms with van der Waals surface area (Å²) < 4.78 is 0. The van der Waals surface area contributed by atoms with Gasteiger partial charge in [0.25, 0.3) is 0 Å². The van der Waals surface area contributed by atoms with E-state index in [-0.39, 0.29) is 36.5 Å². The van der Waals surface area contributed by atoms with E-state index in [1.165, 1.54) is 12.1 Å². The van der Waals surface area contributed by atoms with Gasteiger partial charge in [0.15, 0.2) is 28.8 Å². The summed E-state index contributed by atoms with van der Waals surface area (Å²) in [5.41, 5.74) is -0.210. The van der Waals surface area contributed by atoms with E-state index in [1.54, 1.807) is 0 Å².